The highest BCUT2D eigenvalue weighted by Gasteiger charge is 2.42. The Hall–Kier alpha value is -4.21. The first-order valence-corrected chi connectivity index (χ1v) is 13.5. The van der Waals surface area contributed by atoms with Crippen LogP contribution in [0.15, 0.2) is 54.7 Å². The van der Waals surface area contributed by atoms with E-state index in [4.69, 9.17) is 21.1 Å². The third kappa shape index (κ3) is 5.42. The van der Waals surface area contributed by atoms with E-state index >= 15 is 0 Å². The highest BCUT2D eigenvalue weighted by molar-refractivity contribution is 6.39. The average molecular weight is 575 g/mol. The fraction of sp³-hybridized carbons (Fsp3) is 0.290. The number of para-hydroxylation sites is 1. The van der Waals surface area contributed by atoms with Gasteiger partial charge in [0.1, 0.15) is 17.4 Å². The third-order valence-corrected chi connectivity index (χ3v) is 7.21. The second kappa shape index (κ2) is 11.0. The molecule has 0 saturated heterocycles. The van der Waals surface area contributed by atoms with Crippen LogP contribution in [0, 0.1) is 6.92 Å². The van der Waals surface area contributed by atoms with Gasteiger partial charge in [-0.1, -0.05) is 41.9 Å². The molecule has 9 nitrogen and oxygen atoms in total. The molecule has 5 rings (SSSR count). The molecule has 0 aliphatic carbocycles. The molecule has 2 aromatic heterocycles. The standard InChI is InChI=1S/C31H31ClN4O5/c1-17-27-23(19(16-37)14-33-17)26(28(38)35-31(2,3)4)36(15-18-10-12-20(40-5)13-11-18)30(39)24-25(32)21-8-6-7-9-22(21)34-29(24)41-27/h6-14,26,37H,15-16H2,1-5H3,(H,35,38). The summed E-state index contributed by atoms with van der Waals surface area (Å²) in [5, 5.41) is 14.1. The molecule has 3 heterocycles. The number of nitrogens with zero attached hydrogens (tertiary/aromatic N) is 3. The molecule has 212 valence electrons. The number of hydrogen-bond acceptors (Lipinski definition) is 7. The Morgan fingerprint density at radius 1 is 1.17 bits per heavy atom. The Morgan fingerprint density at radius 2 is 1.88 bits per heavy atom. The zero-order valence-corrected chi connectivity index (χ0v) is 24.2. The molecular weight excluding hydrogens is 544 g/mol. The van der Waals surface area contributed by atoms with Gasteiger partial charge < -0.3 is 24.8 Å². The SMILES string of the molecule is COc1ccc(CN2C(=O)c3c(nc4ccccc4c3Cl)Oc3c(C)ncc(CO)c3C2C(=O)NC(C)(C)C)cc1. The summed E-state index contributed by atoms with van der Waals surface area (Å²) in [7, 11) is 1.57. The van der Waals surface area contributed by atoms with Gasteiger partial charge in [-0.25, -0.2) is 4.98 Å². The maximum atomic E-state index is 14.6. The van der Waals surface area contributed by atoms with Gasteiger partial charge in [-0.05, 0) is 51.5 Å². The van der Waals surface area contributed by atoms with E-state index in [1.54, 1.807) is 38.3 Å². The number of fused-ring (bicyclic) bond motifs is 3. The number of aliphatic hydroxyl groups is 1. The first kappa shape index (κ1) is 28.3. The lowest BCUT2D eigenvalue weighted by molar-refractivity contribution is -0.127. The molecule has 0 fully saturated rings. The molecule has 10 heteroatoms. The number of carbonyl (C=O) groups is 2. The van der Waals surface area contributed by atoms with Crippen molar-refractivity contribution in [2.75, 3.05) is 7.11 Å². The Morgan fingerprint density at radius 3 is 2.54 bits per heavy atom. The van der Waals surface area contributed by atoms with Crippen LogP contribution in [0.25, 0.3) is 10.9 Å². The lowest BCUT2D eigenvalue weighted by atomic mass is 9.94. The van der Waals surface area contributed by atoms with Crippen LogP contribution in [0.1, 0.15) is 59.6 Å². The zero-order valence-electron chi connectivity index (χ0n) is 23.5. The topological polar surface area (TPSA) is 114 Å². The first-order chi connectivity index (χ1) is 19.5. The van der Waals surface area contributed by atoms with Crippen LogP contribution in [0.5, 0.6) is 17.4 Å². The van der Waals surface area contributed by atoms with Crippen molar-refractivity contribution in [2.24, 2.45) is 0 Å². The van der Waals surface area contributed by atoms with E-state index in [1.807, 2.05) is 45.0 Å². The summed E-state index contributed by atoms with van der Waals surface area (Å²) in [5.41, 5.74) is 1.85. The van der Waals surface area contributed by atoms with Crippen LogP contribution in [0.2, 0.25) is 5.02 Å². The fourth-order valence-corrected chi connectivity index (χ4v) is 5.24. The highest BCUT2D eigenvalue weighted by atomic mass is 35.5. The predicted octanol–water partition coefficient (Wildman–Crippen LogP) is 5.50. The van der Waals surface area contributed by atoms with Gasteiger partial charge in [-0.3, -0.25) is 14.6 Å². The van der Waals surface area contributed by atoms with Crippen LogP contribution in [0.3, 0.4) is 0 Å². The minimum atomic E-state index is -1.20. The molecule has 2 N–H and O–H groups in total. The summed E-state index contributed by atoms with van der Waals surface area (Å²) >= 11 is 6.91. The zero-order chi connectivity index (χ0) is 29.5. The number of aliphatic hydroxyl groups excluding tert-OH is 1. The number of rotatable bonds is 5. The molecule has 2 amide bonds. The van der Waals surface area contributed by atoms with Crippen molar-refractivity contribution in [1.82, 2.24) is 20.2 Å². The van der Waals surface area contributed by atoms with Gasteiger partial charge in [0.25, 0.3) is 5.91 Å². The van der Waals surface area contributed by atoms with Crippen molar-refractivity contribution < 1.29 is 24.2 Å². The molecule has 1 aliphatic heterocycles. The summed E-state index contributed by atoms with van der Waals surface area (Å²) in [5.74, 6) is -0.107. The van der Waals surface area contributed by atoms with Gasteiger partial charge in [-0.15, -0.1) is 0 Å². The fourth-order valence-electron chi connectivity index (χ4n) is 4.92. The minimum Gasteiger partial charge on any atom is -0.497 e. The average Bonchev–Trinajstić information content (AvgIpc) is 2.93. The van der Waals surface area contributed by atoms with Crippen LogP contribution >= 0.6 is 11.6 Å². The number of hydrogen-bond donors (Lipinski definition) is 2. The summed E-state index contributed by atoms with van der Waals surface area (Å²) in [6.45, 7) is 6.91. The van der Waals surface area contributed by atoms with Gasteiger partial charge in [0.05, 0.1) is 29.9 Å². The molecular formula is C31H31ClN4O5. The number of ether oxygens (including phenoxy) is 2. The number of pyridine rings is 2. The van der Waals surface area contributed by atoms with E-state index in [0.717, 1.165) is 5.56 Å². The molecule has 0 saturated carbocycles. The van der Waals surface area contributed by atoms with Crippen molar-refractivity contribution in [3.8, 4) is 17.4 Å². The van der Waals surface area contributed by atoms with E-state index in [1.165, 1.54) is 11.1 Å². The molecule has 0 radical (unpaired) electrons. The maximum Gasteiger partial charge on any atom is 0.262 e. The van der Waals surface area contributed by atoms with Crippen molar-refractivity contribution in [2.45, 2.75) is 52.4 Å². The third-order valence-electron chi connectivity index (χ3n) is 6.82. The van der Waals surface area contributed by atoms with Gasteiger partial charge in [0, 0.05) is 34.8 Å². The van der Waals surface area contributed by atoms with Crippen molar-refractivity contribution in [3.63, 3.8) is 0 Å². The van der Waals surface area contributed by atoms with E-state index in [0.29, 0.717) is 33.5 Å². The molecule has 1 atom stereocenters. The summed E-state index contributed by atoms with van der Waals surface area (Å²) in [6.07, 6.45) is 1.49. The molecule has 2 aromatic carbocycles. The van der Waals surface area contributed by atoms with Crippen LogP contribution < -0.4 is 14.8 Å². The first-order valence-electron chi connectivity index (χ1n) is 13.1. The highest BCUT2D eigenvalue weighted by Crippen LogP contribution is 2.44. The predicted molar refractivity (Wildman–Crippen MR) is 155 cm³/mol. The van der Waals surface area contributed by atoms with Gasteiger partial charge >= 0.3 is 0 Å². The largest absolute Gasteiger partial charge is 0.497 e. The number of amides is 2. The van der Waals surface area contributed by atoms with Gasteiger partial charge in [0.2, 0.25) is 11.8 Å². The number of aryl methyl sites for hydroxylation is 1. The number of benzene rings is 2. The molecule has 1 unspecified atom stereocenters. The molecule has 41 heavy (non-hydrogen) atoms. The summed E-state index contributed by atoms with van der Waals surface area (Å²) in [6, 6.07) is 13.2. The van der Waals surface area contributed by atoms with Crippen molar-refractivity contribution >= 4 is 34.3 Å². The van der Waals surface area contributed by atoms with Crippen molar-refractivity contribution in [3.05, 3.63) is 87.7 Å². The maximum absolute atomic E-state index is 14.6. The van der Waals surface area contributed by atoms with Crippen molar-refractivity contribution in [1.29, 1.82) is 0 Å². The Kier molecular flexibility index (Phi) is 7.59. The van der Waals surface area contributed by atoms with E-state index in [9.17, 15) is 14.7 Å². The number of methoxy groups -OCH3 is 1. The molecule has 1 aliphatic rings. The summed E-state index contributed by atoms with van der Waals surface area (Å²) in [4.78, 5) is 39.3. The van der Waals surface area contributed by atoms with E-state index < -0.39 is 30.0 Å². The second-order valence-electron chi connectivity index (χ2n) is 10.9. The Balaban J connectivity index is 1.82. The van der Waals surface area contributed by atoms with Crippen LogP contribution in [-0.4, -0.2) is 44.4 Å². The number of carbonyl (C=O) groups excluding carboxylic acids is 2. The Bertz CT molecular complexity index is 1650. The van der Waals surface area contributed by atoms with E-state index in [2.05, 4.69) is 15.3 Å². The normalized spacial score (nSPS) is 15.0. The monoisotopic (exact) mass is 574 g/mol. The van der Waals surface area contributed by atoms with Crippen LogP contribution in [-0.2, 0) is 17.9 Å². The lowest BCUT2D eigenvalue weighted by Crippen LogP contribution is -2.50. The second-order valence-corrected chi connectivity index (χ2v) is 11.3. The minimum absolute atomic E-state index is 0.00523. The van der Waals surface area contributed by atoms with Crippen LogP contribution in [0.4, 0.5) is 0 Å². The quantitative estimate of drug-likeness (QED) is 0.324. The molecule has 0 bridgehead atoms. The molecule has 0 spiro atoms. The lowest BCUT2D eigenvalue weighted by Gasteiger charge is -2.37. The number of halogens is 1. The Labute approximate surface area is 243 Å². The smallest absolute Gasteiger partial charge is 0.262 e. The van der Waals surface area contributed by atoms with E-state index in [-0.39, 0.29) is 28.8 Å². The summed E-state index contributed by atoms with van der Waals surface area (Å²) < 4.78 is 11.6. The van der Waals surface area contributed by atoms with Gasteiger partial charge in [-0.2, -0.15) is 0 Å². The van der Waals surface area contributed by atoms with Gasteiger partial charge in [0.15, 0.2) is 5.75 Å². The number of aromatic nitrogens is 2. The number of nitrogens with one attached hydrogen (secondary N) is 1. The molecule has 4 aromatic rings.